The highest BCUT2D eigenvalue weighted by atomic mass is 16.5. The third kappa shape index (κ3) is 2.89. The molecule has 1 aromatic heterocycles. The van der Waals surface area contributed by atoms with E-state index in [1.807, 2.05) is 49.2 Å². The Kier molecular flexibility index (Phi) is 4.27. The Hall–Kier alpha value is -2.76. The van der Waals surface area contributed by atoms with Gasteiger partial charge in [-0.05, 0) is 42.8 Å². The van der Waals surface area contributed by atoms with E-state index < -0.39 is 0 Å². The van der Waals surface area contributed by atoms with E-state index in [0.717, 1.165) is 17.0 Å². The number of hydrogen-bond donors (Lipinski definition) is 2. The molecule has 0 radical (unpaired) electrons. The summed E-state index contributed by atoms with van der Waals surface area (Å²) >= 11 is 0. The minimum Gasteiger partial charge on any atom is -0.497 e. The molecule has 21 heavy (non-hydrogen) atoms. The highest BCUT2D eigenvalue weighted by Crippen LogP contribution is 2.28. The van der Waals surface area contributed by atoms with Crippen LogP contribution in [0.15, 0.2) is 41.7 Å². The van der Waals surface area contributed by atoms with Crippen molar-refractivity contribution >= 4 is 17.3 Å². The minimum absolute atomic E-state index is 0.0379. The topological polar surface area (TPSA) is 84.0 Å². The summed E-state index contributed by atoms with van der Waals surface area (Å²) in [6, 6.07) is 9.38. The Labute approximate surface area is 123 Å². The van der Waals surface area contributed by atoms with Crippen molar-refractivity contribution in [3.8, 4) is 5.75 Å². The van der Waals surface area contributed by atoms with Crippen molar-refractivity contribution in [2.75, 3.05) is 19.1 Å². The molecule has 6 nitrogen and oxygen atoms in total. The lowest BCUT2D eigenvalue weighted by Gasteiger charge is -2.22. The zero-order valence-corrected chi connectivity index (χ0v) is 12.2. The number of anilines is 2. The number of benzene rings is 1. The molecule has 1 heterocycles. The first-order valence-electron chi connectivity index (χ1n) is 6.39. The van der Waals surface area contributed by atoms with Crippen LogP contribution in [0.4, 0.5) is 11.5 Å². The van der Waals surface area contributed by atoms with Gasteiger partial charge in [0.25, 0.3) is 0 Å². The second-order valence-electron chi connectivity index (χ2n) is 4.57. The summed E-state index contributed by atoms with van der Waals surface area (Å²) < 4.78 is 5.15. The number of oxime groups is 1. The number of pyridine rings is 1. The quantitative estimate of drug-likeness (QED) is 0.390. The largest absolute Gasteiger partial charge is 0.497 e. The lowest BCUT2D eigenvalue weighted by Crippen LogP contribution is -2.22. The molecular formula is C15H18N4O2. The molecule has 2 aromatic rings. The summed E-state index contributed by atoms with van der Waals surface area (Å²) in [7, 11) is 3.50. The first-order valence-corrected chi connectivity index (χ1v) is 6.39. The molecular weight excluding hydrogens is 268 g/mol. The first-order chi connectivity index (χ1) is 10.1. The van der Waals surface area contributed by atoms with Crippen molar-refractivity contribution in [2.24, 2.45) is 10.9 Å². The van der Waals surface area contributed by atoms with E-state index in [-0.39, 0.29) is 5.84 Å². The summed E-state index contributed by atoms with van der Waals surface area (Å²) in [5, 5.41) is 12.0. The van der Waals surface area contributed by atoms with Gasteiger partial charge in [0.05, 0.1) is 12.7 Å². The molecule has 1 aromatic carbocycles. The van der Waals surface area contributed by atoms with Gasteiger partial charge < -0.3 is 20.6 Å². The summed E-state index contributed by atoms with van der Waals surface area (Å²) in [4.78, 5) is 6.22. The highest BCUT2D eigenvalue weighted by Gasteiger charge is 2.16. The molecule has 0 atom stereocenters. The molecule has 0 unspecified atom stereocenters. The zero-order valence-electron chi connectivity index (χ0n) is 12.2. The van der Waals surface area contributed by atoms with Crippen LogP contribution in [0.1, 0.15) is 11.1 Å². The maximum absolute atomic E-state index is 8.96. The summed E-state index contributed by atoms with van der Waals surface area (Å²) in [6.07, 6.45) is 1.69. The number of methoxy groups -OCH3 is 1. The van der Waals surface area contributed by atoms with Gasteiger partial charge in [0, 0.05) is 18.9 Å². The second-order valence-corrected chi connectivity index (χ2v) is 4.57. The van der Waals surface area contributed by atoms with E-state index in [2.05, 4.69) is 10.1 Å². The van der Waals surface area contributed by atoms with Gasteiger partial charge in [-0.3, -0.25) is 0 Å². The van der Waals surface area contributed by atoms with Gasteiger partial charge in [0.2, 0.25) is 0 Å². The third-order valence-corrected chi connectivity index (χ3v) is 3.28. The minimum atomic E-state index is 0.0379. The summed E-state index contributed by atoms with van der Waals surface area (Å²) in [6.45, 7) is 1.89. The van der Waals surface area contributed by atoms with Gasteiger partial charge in [-0.2, -0.15) is 0 Å². The van der Waals surface area contributed by atoms with Gasteiger partial charge >= 0.3 is 0 Å². The SMILES string of the molecule is COc1ccc(N(C)c2nccc(C)c2/C(N)=N/O)cc1. The number of rotatable bonds is 4. The van der Waals surface area contributed by atoms with E-state index in [0.29, 0.717) is 11.4 Å². The molecule has 0 fully saturated rings. The van der Waals surface area contributed by atoms with E-state index in [1.54, 1.807) is 13.3 Å². The number of nitrogens with zero attached hydrogens (tertiary/aromatic N) is 3. The van der Waals surface area contributed by atoms with E-state index in [1.165, 1.54) is 0 Å². The number of hydrogen-bond acceptors (Lipinski definition) is 5. The van der Waals surface area contributed by atoms with Gasteiger partial charge in [-0.1, -0.05) is 5.16 Å². The summed E-state index contributed by atoms with van der Waals surface area (Å²) in [5.74, 6) is 1.44. The van der Waals surface area contributed by atoms with Crippen molar-refractivity contribution in [3.63, 3.8) is 0 Å². The van der Waals surface area contributed by atoms with Crippen molar-refractivity contribution in [2.45, 2.75) is 6.92 Å². The molecule has 0 aliphatic carbocycles. The molecule has 110 valence electrons. The number of aryl methyl sites for hydroxylation is 1. The van der Waals surface area contributed by atoms with Gasteiger partial charge in [-0.25, -0.2) is 4.98 Å². The average molecular weight is 286 g/mol. The second kappa shape index (κ2) is 6.13. The number of nitrogens with two attached hydrogens (primary N) is 1. The lowest BCUT2D eigenvalue weighted by molar-refractivity contribution is 0.318. The lowest BCUT2D eigenvalue weighted by atomic mass is 10.1. The van der Waals surface area contributed by atoms with Crippen LogP contribution in [0.5, 0.6) is 5.75 Å². The Bertz CT molecular complexity index is 653. The molecule has 6 heteroatoms. The van der Waals surface area contributed by atoms with Crippen LogP contribution in [-0.2, 0) is 0 Å². The van der Waals surface area contributed by atoms with Crippen LogP contribution < -0.4 is 15.4 Å². The van der Waals surface area contributed by atoms with Crippen LogP contribution >= 0.6 is 0 Å². The smallest absolute Gasteiger partial charge is 0.174 e. The van der Waals surface area contributed by atoms with E-state index >= 15 is 0 Å². The van der Waals surface area contributed by atoms with Crippen LogP contribution in [0.25, 0.3) is 0 Å². The number of aromatic nitrogens is 1. The van der Waals surface area contributed by atoms with Gasteiger partial charge in [0.15, 0.2) is 5.84 Å². The fourth-order valence-electron chi connectivity index (χ4n) is 2.09. The fraction of sp³-hybridized carbons (Fsp3) is 0.200. The molecule has 0 aliphatic rings. The molecule has 0 aliphatic heterocycles. The van der Waals surface area contributed by atoms with Crippen molar-refractivity contribution in [3.05, 3.63) is 47.7 Å². The Balaban J connectivity index is 2.47. The molecule has 3 N–H and O–H groups in total. The standard InChI is InChI=1S/C15H18N4O2/c1-10-8-9-17-15(13(10)14(16)18-20)19(2)11-4-6-12(21-3)7-5-11/h4-9,20H,1-3H3,(H2,16,18). The molecule has 2 rings (SSSR count). The molecule has 0 saturated carbocycles. The Morgan fingerprint density at radius 3 is 2.52 bits per heavy atom. The van der Waals surface area contributed by atoms with Crippen molar-refractivity contribution in [1.82, 2.24) is 4.98 Å². The predicted octanol–water partition coefficient (Wildman–Crippen LogP) is 2.26. The van der Waals surface area contributed by atoms with Gasteiger partial charge in [0.1, 0.15) is 11.6 Å². The average Bonchev–Trinajstić information content (AvgIpc) is 2.53. The van der Waals surface area contributed by atoms with Crippen LogP contribution in [0.3, 0.4) is 0 Å². The van der Waals surface area contributed by atoms with Crippen molar-refractivity contribution in [1.29, 1.82) is 0 Å². The fourth-order valence-corrected chi connectivity index (χ4v) is 2.09. The van der Waals surface area contributed by atoms with Crippen LogP contribution in [-0.4, -0.2) is 30.2 Å². The first kappa shape index (κ1) is 14.6. The maximum atomic E-state index is 8.96. The highest BCUT2D eigenvalue weighted by molar-refractivity contribution is 6.03. The Morgan fingerprint density at radius 1 is 1.29 bits per heavy atom. The van der Waals surface area contributed by atoms with Crippen LogP contribution in [0, 0.1) is 6.92 Å². The van der Waals surface area contributed by atoms with Gasteiger partial charge in [-0.15, -0.1) is 0 Å². The molecule has 0 spiro atoms. The monoisotopic (exact) mass is 286 g/mol. The molecule has 0 amide bonds. The third-order valence-electron chi connectivity index (χ3n) is 3.28. The van der Waals surface area contributed by atoms with Crippen LogP contribution in [0.2, 0.25) is 0 Å². The van der Waals surface area contributed by atoms with Crippen molar-refractivity contribution < 1.29 is 9.94 Å². The predicted molar refractivity (Wildman–Crippen MR) is 82.5 cm³/mol. The number of ether oxygens (including phenoxy) is 1. The molecule has 0 saturated heterocycles. The summed E-state index contributed by atoms with van der Waals surface area (Å²) in [5.41, 5.74) is 8.18. The maximum Gasteiger partial charge on any atom is 0.174 e. The molecule has 0 bridgehead atoms. The Morgan fingerprint density at radius 2 is 1.95 bits per heavy atom. The number of amidine groups is 1. The van der Waals surface area contributed by atoms with E-state index in [9.17, 15) is 0 Å². The zero-order chi connectivity index (χ0) is 15.4. The van der Waals surface area contributed by atoms with E-state index in [4.69, 9.17) is 15.7 Å². The normalized spacial score (nSPS) is 11.3.